The average Bonchev–Trinajstić information content (AvgIpc) is 2.85. The zero-order chi connectivity index (χ0) is 15.4. The van der Waals surface area contributed by atoms with Gasteiger partial charge in [0, 0.05) is 32.2 Å². The summed E-state index contributed by atoms with van der Waals surface area (Å²) in [6, 6.07) is 7.55. The van der Waals surface area contributed by atoms with E-state index in [2.05, 4.69) is 5.32 Å². The van der Waals surface area contributed by atoms with E-state index in [9.17, 15) is 9.59 Å². The molecule has 1 saturated carbocycles. The van der Waals surface area contributed by atoms with Crippen molar-refractivity contribution in [2.75, 3.05) is 12.4 Å². The largest absolute Gasteiger partial charge is 0.342 e. The molecule has 1 aliphatic rings. The highest BCUT2D eigenvalue weighted by Gasteiger charge is 2.30. The van der Waals surface area contributed by atoms with E-state index in [-0.39, 0.29) is 23.8 Å². The SMILES string of the molecule is CC(=O)N(C)Cc1cccc(NC(=O)C2CCCC2N)c1. The molecular formula is C16H23N3O2. The number of amides is 2. The Hall–Kier alpha value is -1.88. The van der Waals surface area contributed by atoms with Gasteiger partial charge >= 0.3 is 0 Å². The number of hydrogen-bond donors (Lipinski definition) is 2. The first kappa shape index (κ1) is 15.5. The van der Waals surface area contributed by atoms with E-state index in [4.69, 9.17) is 5.73 Å². The Morgan fingerprint density at radius 1 is 1.38 bits per heavy atom. The summed E-state index contributed by atoms with van der Waals surface area (Å²) >= 11 is 0. The summed E-state index contributed by atoms with van der Waals surface area (Å²) in [5, 5.41) is 2.93. The molecule has 0 aromatic heterocycles. The van der Waals surface area contributed by atoms with Gasteiger partial charge in [-0.05, 0) is 30.5 Å². The predicted octanol–water partition coefficient (Wildman–Crippen LogP) is 1.73. The fourth-order valence-electron chi connectivity index (χ4n) is 2.68. The van der Waals surface area contributed by atoms with Crippen molar-refractivity contribution < 1.29 is 9.59 Å². The van der Waals surface area contributed by atoms with Gasteiger partial charge in [0.25, 0.3) is 0 Å². The minimum atomic E-state index is -0.0893. The maximum Gasteiger partial charge on any atom is 0.229 e. The molecule has 114 valence electrons. The molecule has 3 N–H and O–H groups in total. The highest BCUT2D eigenvalue weighted by molar-refractivity contribution is 5.93. The van der Waals surface area contributed by atoms with Crippen molar-refractivity contribution in [3.63, 3.8) is 0 Å². The summed E-state index contributed by atoms with van der Waals surface area (Å²) < 4.78 is 0. The maximum absolute atomic E-state index is 12.2. The molecule has 0 saturated heterocycles. The van der Waals surface area contributed by atoms with E-state index in [0.717, 1.165) is 30.5 Å². The van der Waals surface area contributed by atoms with Crippen molar-refractivity contribution in [1.29, 1.82) is 0 Å². The Balaban J connectivity index is 2.00. The molecule has 0 heterocycles. The van der Waals surface area contributed by atoms with E-state index in [1.165, 1.54) is 6.92 Å². The van der Waals surface area contributed by atoms with Crippen LogP contribution in [0.25, 0.3) is 0 Å². The molecule has 5 nitrogen and oxygen atoms in total. The topological polar surface area (TPSA) is 75.4 Å². The molecule has 2 rings (SSSR count). The highest BCUT2D eigenvalue weighted by atomic mass is 16.2. The van der Waals surface area contributed by atoms with Crippen LogP contribution in [0.2, 0.25) is 0 Å². The van der Waals surface area contributed by atoms with Crippen molar-refractivity contribution in [1.82, 2.24) is 4.90 Å². The van der Waals surface area contributed by atoms with E-state index in [0.29, 0.717) is 6.54 Å². The number of hydrogen-bond acceptors (Lipinski definition) is 3. The molecule has 1 aromatic rings. The lowest BCUT2D eigenvalue weighted by Gasteiger charge is -2.17. The highest BCUT2D eigenvalue weighted by Crippen LogP contribution is 2.25. The minimum Gasteiger partial charge on any atom is -0.342 e. The quantitative estimate of drug-likeness (QED) is 0.886. The van der Waals surface area contributed by atoms with Crippen molar-refractivity contribution >= 4 is 17.5 Å². The van der Waals surface area contributed by atoms with Crippen LogP contribution in [0, 0.1) is 5.92 Å². The van der Waals surface area contributed by atoms with Gasteiger partial charge in [-0.2, -0.15) is 0 Å². The standard InChI is InChI=1S/C16H23N3O2/c1-11(20)19(2)10-12-5-3-6-13(9-12)18-16(21)14-7-4-8-15(14)17/h3,5-6,9,14-15H,4,7-8,10,17H2,1-2H3,(H,18,21). The summed E-state index contributed by atoms with van der Waals surface area (Å²) in [6.07, 6.45) is 2.80. The molecule has 2 amide bonds. The summed E-state index contributed by atoms with van der Waals surface area (Å²) in [6.45, 7) is 2.06. The van der Waals surface area contributed by atoms with Crippen LogP contribution in [-0.2, 0) is 16.1 Å². The van der Waals surface area contributed by atoms with Gasteiger partial charge in [0.1, 0.15) is 0 Å². The smallest absolute Gasteiger partial charge is 0.229 e. The van der Waals surface area contributed by atoms with Gasteiger partial charge in [-0.15, -0.1) is 0 Å². The molecule has 0 radical (unpaired) electrons. The zero-order valence-corrected chi connectivity index (χ0v) is 12.6. The number of nitrogens with one attached hydrogen (secondary N) is 1. The third-order valence-electron chi connectivity index (χ3n) is 4.06. The molecule has 0 spiro atoms. The summed E-state index contributed by atoms with van der Waals surface area (Å²) in [7, 11) is 1.76. The second-order valence-electron chi connectivity index (χ2n) is 5.77. The van der Waals surface area contributed by atoms with Gasteiger partial charge < -0.3 is 16.0 Å². The van der Waals surface area contributed by atoms with Crippen LogP contribution in [-0.4, -0.2) is 29.8 Å². The van der Waals surface area contributed by atoms with Gasteiger partial charge in [0.2, 0.25) is 11.8 Å². The third-order valence-corrected chi connectivity index (χ3v) is 4.06. The molecule has 2 atom stereocenters. The van der Waals surface area contributed by atoms with Crippen LogP contribution >= 0.6 is 0 Å². The van der Waals surface area contributed by atoms with Gasteiger partial charge in [0.15, 0.2) is 0 Å². The molecule has 1 aliphatic carbocycles. The van der Waals surface area contributed by atoms with Crippen LogP contribution in [0.5, 0.6) is 0 Å². The minimum absolute atomic E-state index is 0.00271. The second kappa shape index (κ2) is 6.72. The van der Waals surface area contributed by atoms with Gasteiger partial charge in [0.05, 0.1) is 5.92 Å². The average molecular weight is 289 g/mol. The lowest BCUT2D eigenvalue weighted by atomic mass is 10.0. The van der Waals surface area contributed by atoms with Crippen molar-refractivity contribution in [2.45, 2.75) is 38.8 Å². The van der Waals surface area contributed by atoms with Gasteiger partial charge in [-0.3, -0.25) is 9.59 Å². The Morgan fingerprint density at radius 2 is 2.14 bits per heavy atom. The van der Waals surface area contributed by atoms with Gasteiger partial charge in [-0.1, -0.05) is 18.6 Å². The van der Waals surface area contributed by atoms with Crippen LogP contribution in [0.3, 0.4) is 0 Å². The second-order valence-corrected chi connectivity index (χ2v) is 5.77. The normalized spacial score (nSPS) is 21.1. The van der Waals surface area contributed by atoms with Gasteiger partial charge in [-0.25, -0.2) is 0 Å². The molecule has 0 bridgehead atoms. The number of anilines is 1. The summed E-state index contributed by atoms with van der Waals surface area (Å²) in [4.78, 5) is 25.1. The molecule has 5 heteroatoms. The number of nitrogens with zero attached hydrogens (tertiary/aromatic N) is 1. The Kier molecular flexibility index (Phi) is 4.96. The van der Waals surface area contributed by atoms with Crippen molar-refractivity contribution in [3.05, 3.63) is 29.8 Å². The van der Waals surface area contributed by atoms with E-state index >= 15 is 0 Å². The number of benzene rings is 1. The number of nitrogens with two attached hydrogens (primary N) is 1. The molecule has 0 aliphatic heterocycles. The van der Waals surface area contributed by atoms with E-state index < -0.39 is 0 Å². The number of carbonyl (C=O) groups is 2. The lowest BCUT2D eigenvalue weighted by Crippen LogP contribution is -2.34. The zero-order valence-electron chi connectivity index (χ0n) is 12.6. The predicted molar refractivity (Wildman–Crippen MR) is 82.5 cm³/mol. The Labute approximate surface area is 125 Å². The number of rotatable bonds is 4. The van der Waals surface area contributed by atoms with Crippen LogP contribution < -0.4 is 11.1 Å². The van der Waals surface area contributed by atoms with Crippen molar-refractivity contribution in [2.24, 2.45) is 11.7 Å². The Morgan fingerprint density at radius 3 is 2.76 bits per heavy atom. The molecule has 1 fully saturated rings. The van der Waals surface area contributed by atoms with Crippen LogP contribution in [0.15, 0.2) is 24.3 Å². The first-order valence-corrected chi connectivity index (χ1v) is 7.34. The summed E-state index contributed by atoms with van der Waals surface area (Å²) in [5.41, 5.74) is 7.70. The molecule has 2 unspecified atom stereocenters. The third kappa shape index (κ3) is 4.04. The first-order chi connectivity index (χ1) is 9.97. The summed E-state index contributed by atoms with van der Waals surface area (Å²) in [5.74, 6) is -0.0769. The maximum atomic E-state index is 12.2. The fraction of sp³-hybridized carbons (Fsp3) is 0.500. The van der Waals surface area contributed by atoms with E-state index in [1.54, 1.807) is 11.9 Å². The van der Waals surface area contributed by atoms with Crippen LogP contribution in [0.4, 0.5) is 5.69 Å². The fourth-order valence-corrected chi connectivity index (χ4v) is 2.68. The van der Waals surface area contributed by atoms with E-state index in [1.807, 2.05) is 24.3 Å². The van der Waals surface area contributed by atoms with Crippen LogP contribution in [0.1, 0.15) is 31.7 Å². The Bertz CT molecular complexity index is 530. The monoisotopic (exact) mass is 289 g/mol. The number of carbonyl (C=O) groups excluding carboxylic acids is 2. The lowest BCUT2D eigenvalue weighted by molar-refractivity contribution is -0.128. The van der Waals surface area contributed by atoms with Crippen molar-refractivity contribution in [3.8, 4) is 0 Å². The molecule has 21 heavy (non-hydrogen) atoms. The first-order valence-electron chi connectivity index (χ1n) is 7.34. The molecular weight excluding hydrogens is 266 g/mol. The molecule has 1 aromatic carbocycles.